The van der Waals surface area contributed by atoms with Gasteiger partial charge >= 0.3 is 0 Å². The van der Waals surface area contributed by atoms with E-state index in [0.717, 1.165) is 28.3 Å². The summed E-state index contributed by atoms with van der Waals surface area (Å²) in [5.74, 6) is 0. The lowest BCUT2D eigenvalue weighted by atomic mass is 9.92. The number of hydrogen-bond donors (Lipinski definition) is 0. The SMILES string of the molecule is c1ccc(-c2ccc(N(c3ccc(-c4ccccc4)cc3)c3ccc4c5ccccc5n(-c5ccc(-c6ccccc6-c6ccccc6)cc5-c5ccccc5)c4c3)cc2)cc1. The molecule has 62 heavy (non-hydrogen) atoms. The lowest BCUT2D eigenvalue weighted by Crippen LogP contribution is -2.10. The molecule has 0 radical (unpaired) electrons. The monoisotopic (exact) mass is 790 g/mol. The average Bonchev–Trinajstić information content (AvgIpc) is 3.69. The molecule has 11 aromatic rings. The van der Waals surface area contributed by atoms with E-state index >= 15 is 0 Å². The van der Waals surface area contributed by atoms with Gasteiger partial charge in [-0.2, -0.15) is 0 Å². The Morgan fingerprint density at radius 1 is 0.242 bits per heavy atom. The van der Waals surface area contributed by atoms with Crippen LogP contribution in [0.2, 0.25) is 0 Å². The summed E-state index contributed by atoms with van der Waals surface area (Å²) in [5, 5.41) is 2.43. The van der Waals surface area contributed by atoms with Crippen molar-refractivity contribution < 1.29 is 0 Å². The van der Waals surface area contributed by atoms with E-state index in [2.05, 4.69) is 264 Å². The van der Waals surface area contributed by atoms with Crippen molar-refractivity contribution in [3.05, 3.63) is 255 Å². The van der Waals surface area contributed by atoms with Crippen LogP contribution in [0, 0.1) is 0 Å². The number of anilines is 3. The maximum absolute atomic E-state index is 2.47. The number of fused-ring (bicyclic) bond motifs is 3. The fourth-order valence-corrected chi connectivity index (χ4v) is 9.02. The summed E-state index contributed by atoms with van der Waals surface area (Å²) in [7, 11) is 0. The van der Waals surface area contributed by atoms with Gasteiger partial charge < -0.3 is 9.47 Å². The average molecular weight is 791 g/mol. The second-order valence-corrected chi connectivity index (χ2v) is 15.7. The lowest BCUT2D eigenvalue weighted by molar-refractivity contribution is 1.18. The zero-order valence-corrected chi connectivity index (χ0v) is 34.1. The summed E-state index contributed by atoms with van der Waals surface area (Å²) < 4.78 is 2.47. The smallest absolute Gasteiger partial charge is 0.0562 e. The van der Waals surface area contributed by atoms with Gasteiger partial charge in [-0.25, -0.2) is 0 Å². The van der Waals surface area contributed by atoms with Crippen LogP contribution < -0.4 is 4.90 Å². The van der Waals surface area contributed by atoms with E-state index in [0.29, 0.717) is 0 Å². The van der Waals surface area contributed by atoms with E-state index in [1.54, 1.807) is 0 Å². The van der Waals surface area contributed by atoms with Gasteiger partial charge in [0.25, 0.3) is 0 Å². The molecule has 0 bridgehead atoms. The number of benzene rings is 10. The van der Waals surface area contributed by atoms with Gasteiger partial charge in [0.15, 0.2) is 0 Å². The molecule has 0 fully saturated rings. The van der Waals surface area contributed by atoms with Crippen molar-refractivity contribution in [2.45, 2.75) is 0 Å². The van der Waals surface area contributed by atoms with E-state index < -0.39 is 0 Å². The fraction of sp³-hybridized carbons (Fsp3) is 0. The first kappa shape index (κ1) is 36.8. The third kappa shape index (κ3) is 6.84. The second-order valence-electron chi connectivity index (χ2n) is 15.7. The molecule has 0 amide bonds. The predicted octanol–water partition coefficient (Wildman–Crippen LogP) is 16.6. The molecule has 292 valence electrons. The van der Waals surface area contributed by atoms with Crippen molar-refractivity contribution in [1.29, 1.82) is 0 Å². The highest BCUT2D eigenvalue weighted by molar-refractivity contribution is 6.11. The molecule has 2 nitrogen and oxygen atoms in total. The number of aromatic nitrogens is 1. The van der Waals surface area contributed by atoms with E-state index in [1.807, 2.05) is 0 Å². The summed E-state index contributed by atoms with van der Waals surface area (Å²) in [4.78, 5) is 2.38. The molecule has 0 spiro atoms. The largest absolute Gasteiger partial charge is 0.310 e. The van der Waals surface area contributed by atoms with Gasteiger partial charge in [0, 0.05) is 33.4 Å². The van der Waals surface area contributed by atoms with E-state index in [9.17, 15) is 0 Å². The van der Waals surface area contributed by atoms with Crippen LogP contribution in [0.15, 0.2) is 255 Å². The Morgan fingerprint density at radius 3 is 1.21 bits per heavy atom. The molecule has 0 saturated carbocycles. The molecule has 0 aliphatic rings. The summed E-state index contributed by atoms with van der Waals surface area (Å²) in [6.07, 6.45) is 0. The molecule has 0 N–H and O–H groups in total. The van der Waals surface area contributed by atoms with Gasteiger partial charge in [-0.15, -0.1) is 0 Å². The molecule has 0 unspecified atom stereocenters. The molecule has 10 aromatic carbocycles. The number of nitrogens with zero attached hydrogens (tertiary/aromatic N) is 2. The molecule has 2 heteroatoms. The van der Waals surface area contributed by atoms with Crippen molar-refractivity contribution in [2.75, 3.05) is 4.90 Å². The van der Waals surface area contributed by atoms with Gasteiger partial charge in [0.05, 0.1) is 16.7 Å². The third-order valence-corrected chi connectivity index (χ3v) is 12.0. The highest BCUT2D eigenvalue weighted by Gasteiger charge is 2.20. The minimum Gasteiger partial charge on any atom is -0.310 e. The van der Waals surface area contributed by atoms with Gasteiger partial charge in [-0.3, -0.25) is 0 Å². The van der Waals surface area contributed by atoms with Crippen LogP contribution in [-0.4, -0.2) is 4.57 Å². The minimum atomic E-state index is 1.08. The van der Waals surface area contributed by atoms with Crippen LogP contribution in [0.4, 0.5) is 17.1 Å². The van der Waals surface area contributed by atoms with E-state index in [-0.39, 0.29) is 0 Å². The van der Waals surface area contributed by atoms with Crippen LogP contribution in [0.3, 0.4) is 0 Å². The standard InChI is InChI=1S/C60H42N2/c1-5-17-43(18-6-1)45-29-34-50(35-30-45)61(51-36-31-46(32-37-51)44-19-7-2-8-20-44)52-38-39-56-55-27-15-16-28-58(55)62(60(56)42-52)59-40-33-49(41-57(59)48-23-11-4-12-24-48)54-26-14-13-25-53(54)47-21-9-3-10-22-47/h1-42H. The first-order chi connectivity index (χ1) is 30.8. The normalized spacial score (nSPS) is 11.2. The molecule has 1 heterocycles. The van der Waals surface area contributed by atoms with E-state index in [4.69, 9.17) is 0 Å². The van der Waals surface area contributed by atoms with Crippen LogP contribution in [0.5, 0.6) is 0 Å². The summed E-state index contributed by atoms with van der Waals surface area (Å²) in [6, 6.07) is 92.1. The quantitative estimate of drug-likeness (QED) is 0.141. The Bertz CT molecular complexity index is 3210. The Morgan fingerprint density at radius 2 is 0.645 bits per heavy atom. The Balaban J connectivity index is 1.11. The zero-order chi connectivity index (χ0) is 41.2. The molecule has 0 atom stereocenters. The molecule has 0 aliphatic heterocycles. The van der Waals surface area contributed by atoms with Gasteiger partial charge in [0.2, 0.25) is 0 Å². The number of rotatable bonds is 9. The molecule has 1 aromatic heterocycles. The summed E-state index contributed by atoms with van der Waals surface area (Å²) in [5.41, 5.74) is 18.6. The van der Waals surface area contributed by atoms with Crippen molar-refractivity contribution in [1.82, 2.24) is 4.57 Å². The van der Waals surface area contributed by atoms with Crippen molar-refractivity contribution >= 4 is 38.9 Å². The lowest BCUT2D eigenvalue weighted by Gasteiger charge is -2.26. The Labute approximate surface area is 362 Å². The fourth-order valence-electron chi connectivity index (χ4n) is 9.02. The van der Waals surface area contributed by atoms with Crippen molar-refractivity contribution in [3.8, 4) is 61.3 Å². The first-order valence-electron chi connectivity index (χ1n) is 21.3. The molecular formula is C60H42N2. The summed E-state index contributed by atoms with van der Waals surface area (Å²) in [6.45, 7) is 0. The maximum Gasteiger partial charge on any atom is 0.0562 e. The Kier molecular flexibility index (Phi) is 9.57. The maximum atomic E-state index is 2.47. The van der Waals surface area contributed by atoms with Crippen LogP contribution in [-0.2, 0) is 0 Å². The number of hydrogen-bond acceptors (Lipinski definition) is 1. The van der Waals surface area contributed by atoms with Crippen LogP contribution >= 0.6 is 0 Å². The van der Waals surface area contributed by atoms with Crippen LogP contribution in [0.1, 0.15) is 0 Å². The minimum absolute atomic E-state index is 1.08. The second kappa shape index (κ2) is 16.1. The third-order valence-electron chi connectivity index (χ3n) is 12.0. The topological polar surface area (TPSA) is 8.17 Å². The molecule has 0 aliphatic carbocycles. The van der Waals surface area contributed by atoms with Gasteiger partial charge in [-0.1, -0.05) is 200 Å². The van der Waals surface area contributed by atoms with E-state index in [1.165, 1.54) is 71.9 Å². The summed E-state index contributed by atoms with van der Waals surface area (Å²) >= 11 is 0. The molecule has 0 saturated heterocycles. The van der Waals surface area contributed by atoms with Crippen molar-refractivity contribution in [3.63, 3.8) is 0 Å². The Hall–Kier alpha value is -8.20. The van der Waals surface area contributed by atoms with Crippen LogP contribution in [0.25, 0.3) is 83.1 Å². The predicted molar refractivity (Wildman–Crippen MR) is 263 cm³/mol. The highest BCUT2D eigenvalue weighted by atomic mass is 15.1. The van der Waals surface area contributed by atoms with Crippen molar-refractivity contribution in [2.24, 2.45) is 0 Å². The highest BCUT2D eigenvalue weighted by Crippen LogP contribution is 2.43. The molecular weight excluding hydrogens is 749 g/mol. The van der Waals surface area contributed by atoms with Gasteiger partial charge in [-0.05, 0) is 105 Å². The zero-order valence-electron chi connectivity index (χ0n) is 34.1. The first-order valence-corrected chi connectivity index (χ1v) is 21.3. The van der Waals surface area contributed by atoms with Gasteiger partial charge in [0.1, 0.15) is 0 Å². The number of para-hydroxylation sites is 1. The molecule has 11 rings (SSSR count).